The van der Waals surface area contributed by atoms with E-state index >= 15 is 0 Å². The fraction of sp³-hybridized carbons (Fsp3) is 0.259. The molecule has 180 valence electrons. The first kappa shape index (κ1) is 22.9. The summed E-state index contributed by atoms with van der Waals surface area (Å²) in [7, 11) is 1.69. The maximum absolute atomic E-state index is 14.8. The molecular formula is C27H28FN5O2. The van der Waals surface area contributed by atoms with Crippen LogP contribution in [0, 0.1) is 12.7 Å². The lowest BCUT2D eigenvalue weighted by molar-refractivity contribution is 0.477. The van der Waals surface area contributed by atoms with Gasteiger partial charge in [0.1, 0.15) is 11.6 Å². The molecule has 0 aliphatic carbocycles. The summed E-state index contributed by atoms with van der Waals surface area (Å²) in [5.41, 5.74) is 10.3. The molecule has 0 radical (unpaired) electrons. The normalized spacial score (nSPS) is 17.8. The van der Waals surface area contributed by atoms with Gasteiger partial charge < -0.3 is 20.3 Å². The van der Waals surface area contributed by atoms with Crippen molar-refractivity contribution < 1.29 is 9.50 Å². The number of benzene rings is 2. The number of phenols is 1. The smallest absolute Gasteiger partial charge is 0.332 e. The summed E-state index contributed by atoms with van der Waals surface area (Å²) in [5, 5.41) is 11.2. The molecule has 3 heterocycles. The molecule has 0 spiro atoms. The van der Waals surface area contributed by atoms with Gasteiger partial charge in [-0.15, -0.1) is 0 Å². The Hall–Kier alpha value is -3.91. The third-order valence-corrected chi connectivity index (χ3v) is 6.69. The molecule has 8 heteroatoms. The van der Waals surface area contributed by atoms with Gasteiger partial charge in [-0.3, -0.25) is 9.55 Å². The Labute approximate surface area is 202 Å². The summed E-state index contributed by atoms with van der Waals surface area (Å²) in [6, 6.07) is 9.97. The number of aromatic nitrogens is 3. The number of nitrogens with zero attached hydrogens (tertiary/aromatic N) is 4. The minimum Gasteiger partial charge on any atom is -0.507 e. The summed E-state index contributed by atoms with van der Waals surface area (Å²) in [6.45, 7) is 5.42. The second kappa shape index (κ2) is 8.39. The third-order valence-electron chi connectivity index (χ3n) is 6.69. The van der Waals surface area contributed by atoms with Crippen LogP contribution in [0.3, 0.4) is 0 Å². The fourth-order valence-electron chi connectivity index (χ4n) is 4.73. The summed E-state index contributed by atoms with van der Waals surface area (Å²) in [5.74, 6) is -0.491. The Morgan fingerprint density at radius 3 is 2.46 bits per heavy atom. The van der Waals surface area contributed by atoms with Gasteiger partial charge in [0, 0.05) is 61.0 Å². The average molecular weight is 474 g/mol. The number of anilines is 1. The molecule has 0 amide bonds. The number of aryl methyl sites for hydroxylation is 2. The zero-order valence-electron chi connectivity index (χ0n) is 20.0. The van der Waals surface area contributed by atoms with E-state index in [0.29, 0.717) is 28.8 Å². The molecule has 2 aromatic heterocycles. The molecule has 7 nitrogen and oxygen atoms in total. The largest absolute Gasteiger partial charge is 0.507 e. The zero-order chi connectivity index (χ0) is 24.9. The van der Waals surface area contributed by atoms with Gasteiger partial charge in [0.15, 0.2) is 0 Å². The second-order valence-electron chi connectivity index (χ2n) is 9.67. The van der Waals surface area contributed by atoms with E-state index in [4.69, 9.17) is 5.73 Å². The van der Waals surface area contributed by atoms with Crippen molar-refractivity contribution in [3.8, 4) is 33.7 Å². The standard InChI is InChI=1S/C27H28FN5O2/c1-17-10-18(4-5-24(17)33-9-8-31(3)26(33)35)22-12-20(28)13-23(25(22)34)19-11-21(15-30-14-19)32-7-6-27(2,29)16-32/h4-5,8-15,34H,6-7,16,29H2,1-3H3. The number of nitrogens with two attached hydrogens (primary N) is 1. The van der Waals surface area contributed by atoms with E-state index in [0.717, 1.165) is 29.9 Å². The fourth-order valence-corrected chi connectivity index (χ4v) is 4.73. The molecule has 4 aromatic rings. The highest BCUT2D eigenvalue weighted by Gasteiger charge is 2.30. The second-order valence-corrected chi connectivity index (χ2v) is 9.67. The first-order valence-corrected chi connectivity index (χ1v) is 11.5. The maximum Gasteiger partial charge on any atom is 0.332 e. The molecule has 5 rings (SSSR count). The zero-order valence-corrected chi connectivity index (χ0v) is 20.0. The first-order valence-electron chi connectivity index (χ1n) is 11.5. The highest BCUT2D eigenvalue weighted by molar-refractivity contribution is 5.83. The van der Waals surface area contributed by atoms with E-state index in [2.05, 4.69) is 9.88 Å². The van der Waals surface area contributed by atoms with Gasteiger partial charge in [-0.1, -0.05) is 6.07 Å². The van der Waals surface area contributed by atoms with E-state index in [9.17, 15) is 14.3 Å². The van der Waals surface area contributed by atoms with Crippen molar-refractivity contribution in [2.24, 2.45) is 12.8 Å². The molecule has 1 atom stereocenters. The minimum atomic E-state index is -0.463. The molecule has 1 unspecified atom stereocenters. The Morgan fingerprint density at radius 2 is 1.83 bits per heavy atom. The lowest BCUT2D eigenvalue weighted by atomic mass is 9.96. The number of rotatable bonds is 4. The monoisotopic (exact) mass is 473 g/mol. The highest BCUT2D eigenvalue weighted by atomic mass is 19.1. The van der Waals surface area contributed by atoms with E-state index in [1.54, 1.807) is 48.5 Å². The summed E-state index contributed by atoms with van der Waals surface area (Å²) < 4.78 is 17.8. The SMILES string of the molecule is Cc1cc(-c2cc(F)cc(-c3cncc(N4CCC(C)(N)C4)c3)c2O)ccc1-n1ccn(C)c1=O. The summed E-state index contributed by atoms with van der Waals surface area (Å²) >= 11 is 0. The van der Waals surface area contributed by atoms with E-state index < -0.39 is 5.82 Å². The summed E-state index contributed by atoms with van der Waals surface area (Å²) in [6.07, 6.45) is 7.65. The van der Waals surface area contributed by atoms with Gasteiger partial charge in [0.2, 0.25) is 0 Å². The molecule has 1 fully saturated rings. The average Bonchev–Trinajstić information content (AvgIpc) is 3.36. The molecule has 0 saturated carbocycles. The molecule has 3 N–H and O–H groups in total. The maximum atomic E-state index is 14.8. The molecule has 1 aliphatic heterocycles. The van der Waals surface area contributed by atoms with Crippen LogP contribution in [0.4, 0.5) is 10.1 Å². The van der Waals surface area contributed by atoms with Gasteiger partial charge >= 0.3 is 5.69 Å². The van der Waals surface area contributed by atoms with Crippen molar-refractivity contribution in [3.63, 3.8) is 0 Å². The van der Waals surface area contributed by atoms with Crippen molar-refractivity contribution in [2.75, 3.05) is 18.0 Å². The van der Waals surface area contributed by atoms with Crippen LogP contribution in [0.2, 0.25) is 0 Å². The first-order chi connectivity index (χ1) is 16.6. The Bertz CT molecular complexity index is 1490. The van der Waals surface area contributed by atoms with Gasteiger partial charge in [0.25, 0.3) is 0 Å². The lowest BCUT2D eigenvalue weighted by Gasteiger charge is -2.22. The number of hydrogen-bond donors (Lipinski definition) is 2. The van der Waals surface area contributed by atoms with Crippen molar-refractivity contribution >= 4 is 5.69 Å². The van der Waals surface area contributed by atoms with Crippen LogP contribution in [0.25, 0.3) is 27.9 Å². The predicted octanol–water partition coefficient (Wildman–Crippen LogP) is 3.99. The van der Waals surface area contributed by atoms with Crippen molar-refractivity contribution in [1.82, 2.24) is 14.1 Å². The Balaban J connectivity index is 1.54. The van der Waals surface area contributed by atoms with Crippen LogP contribution in [-0.4, -0.2) is 37.9 Å². The van der Waals surface area contributed by atoms with E-state index in [1.807, 2.05) is 26.0 Å². The Morgan fingerprint density at radius 1 is 1.09 bits per heavy atom. The van der Waals surface area contributed by atoms with Crippen molar-refractivity contribution in [3.05, 3.63) is 83.1 Å². The van der Waals surface area contributed by atoms with Gasteiger partial charge in [-0.05, 0) is 61.7 Å². The number of hydrogen-bond acceptors (Lipinski definition) is 5. The van der Waals surface area contributed by atoms with Crippen molar-refractivity contribution in [2.45, 2.75) is 25.8 Å². The van der Waals surface area contributed by atoms with Crippen LogP contribution >= 0.6 is 0 Å². The molecule has 1 saturated heterocycles. The number of halogens is 1. The lowest BCUT2D eigenvalue weighted by Crippen LogP contribution is -2.39. The topological polar surface area (TPSA) is 89.3 Å². The van der Waals surface area contributed by atoms with Crippen LogP contribution in [0.1, 0.15) is 18.9 Å². The summed E-state index contributed by atoms with van der Waals surface area (Å²) in [4.78, 5) is 18.9. The van der Waals surface area contributed by atoms with Crippen LogP contribution in [0.5, 0.6) is 5.75 Å². The quantitative estimate of drug-likeness (QED) is 0.468. The number of aromatic hydroxyl groups is 1. The van der Waals surface area contributed by atoms with Crippen LogP contribution < -0.4 is 16.3 Å². The van der Waals surface area contributed by atoms with Gasteiger partial charge in [-0.2, -0.15) is 0 Å². The van der Waals surface area contributed by atoms with Crippen molar-refractivity contribution in [1.29, 1.82) is 0 Å². The number of pyridine rings is 1. The number of imidazole rings is 1. The Kier molecular flexibility index (Phi) is 5.48. The van der Waals surface area contributed by atoms with Crippen LogP contribution in [0.15, 0.2) is 66.0 Å². The molecule has 35 heavy (non-hydrogen) atoms. The molecular weight excluding hydrogens is 445 g/mol. The number of phenolic OH excluding ortho intramolecular Hbond substituents is 1. The van der Waals surface area contributed by atoms with Gasteiger partial charge in [-0.25, -0.2) is 9.18 Å². The third kappa shape index (κ3) is 4.21. The highest BCUT2D eigenvalue weighted by Crippen LogP contribution is 2.40. The minimum absolute atomic E-state index is 0.0283. The van der Waals surface area contributed by atoms with E-state index in [-0.39, 0.29) is 17.0 Å². The van der Waals surface area contributed by atoms with Crippen LogP contribution in [-0.2, 0) is 7.05 Å². The molecule has 2 aromatic carbocycles. The predicted molar refractivity (Wildman–Crippen MR) is 135 cm³/mol. The molecule has 0 bridgehead atoms. The van der Waals surface area contributed by atoms with E-state index in [1.165, 1.54) is 16.7 Å². The van der Waals surface area contributed by atoms with Gasteiger partial charge in [0.05, 0.1) is 17.6 Å². The molecule has 1 aliphatic rings.